The van der Waals surface area contributed by atoms with Gasteiger partial charge in [-0.2, -0.15) is 0 Å². The highest BCUT2D eigenvalue weighted by Crippen LogP contribution is 2.25. The lowest BCUT2D eigenvalue weighted by Crippen LogP contribution is -2.37. The molecule has 1 aliphatic rings. The Bertz CT molecular complexity index is 436. The number of aryl methyl sites for hydroxylation is 1. The Morgan fingerprint density at radius 1 is 1.47 bits per heavy atom. The molecule has 104 valence electrons. The van der Waals surface area contributed by atoms with E-state index in [1.807, 2.05) is 17.9 Å². The van der Waals surface area contributed by atoms with E-state index in [-0.39, 0.29) is 12.0 Å². The Hall–Kier alpha value is -1.65. The van der Waals surface area contributed by atoms with Crippen molar-refractivity contribution in [3.05, 3.63) is 18.1 Å². The summed E-state index contributed by atoms with van der Waals surface area (Å²) < 4.78 is 5.13. The zero-order valence-electron chi connectivity index (χ0n) is 11.6. The standard InChI is InChI=1S/C14H21N3O2/c1-3-6-11-9-13(16-10-15-11)17-8-5-7-12(17)14(18)19-4-2/h9-10,12H,3-8H2,1-2H3. The van der Waals surface area contributed by atoms with Gasteiger partial charge in [0.15, 0.2) is 0 Å². The molecule has 19 heavy (non-hydrogen) atoms. The predicted molar refractivity (Wildman–Crippen MR) is 73.0 cm³/mol. The minimum Gasteiger partial charge on any atom is -0.464 e. The van der Waals surface area contributed by atoms with Crippen LogP contribution < -0.4 is 4.90 Å². The van der Waals surface area contributed by atoms with E-state index < -0.39 is 0 Å². The van der Waals surface area contributed by atoms with E-state index >= 15 is 0 Å². The van der Waals surface area contributed by atoms with Crippen molar-refractivity contribution in [3.8, 4) is 0 Å². The smallest absolute Gasteiger partial charge is 0.328 e. The molecule has 0 radical (unpaired) electrons. The van der Waals surface area contributed by atoms with Gasteiger partial charge in [0.05, 0.1) is 6.61 Å². The second-order valence-corrected chi connectivity index (χ2v) is 4.72. The summed E-state index contributed by atoms with van der Waals surface area (Å²) in [5, 5.41) is 0. The van der Waals surface area contributed by atoms with Gasteiger partial charge >= 0.3 is 5.97 Å². The van der Waals surface area contributed by atoms with Crippen molar-refractivity contribution in [2.75, 3.05) is 18.1 Å². The molecule has 0 saturated carbocycles. The maximum absolute atomic E-state index is 11.9. The zero-order chi connectivity index (χ0) is 13.7. The Morgan fingerprint density at radius 3 is 3.05 bits per heavy atom. The Morgan fingerprint density at radius 2 is 2.32 bits per heavy atom. The second kappa shape index (κ2) is 6.50. The molecule has 0 bridgehead atoms. The molecule has 0 N–H and O–H groups in total. The number of carbonyl (C=O) groups excluding carboxylic acids is 1. The van der Waals surface area contributed by atoms with Gasteiger partial charge in [0.25, 0.3) is 0 Å². The van der Waals surface area contributed by atoms with Crippen LogP contribution in [0.2, 0.25) is 0 Å². The number of aromatic nitrogens is 2. The maximum atomic E-state index is 11.9. The third-order valence-electron chi connectivity index (χ3n) is 3.32. The second-order valence-electron chi connectivity index (χ2n) is 4.72. The van der Waals surface area contributed by atoms with Crippen molar-refractivity contribution in [1.82, 2.24) is 9.97 Å². The highest BCUT2D eigenvalue weighted by molar-refractivity contribution is 5.80. The van der Waals surface area contributed by atoms with E-state index in [0.717, 1.165) is 43.7 Å². The molecule has 1 atom stereocenters. The Balaban J connectivity index is 2.15. The van der Waals surface area contributed by atoms with Crippen LogP contribution in [0.3, 0.4) is 0 Å². The van der Waals surface area contributed by atoms with Crippen LogP contribution in [0, 0.1) is 0 Å². The predicted octanol–water partition coefficient (Wildman–Crippen LogP) is 1.96. The molecule has 5 nitrogen and oxygen atoms in total. The highest BCUT2D eigenvalue weighted by Gasteiger charge is 2.32. The molecule has 0 spiro atoms. The number of esters is 1. The van der Waals surface area contributed by atoms with Gasteiger partial charge in [0, 0.05) is 18.3 Å². The molecule has 0 amide bonds. The number of ether oxygens (including phenoxy) is 1. The lowest BCUT2D eigenvalue weighted by atomic mass is 10.2. The number of rotatable bonds is 5. The van der Waals surface area contributed by atoms with Gasteiger partial charge in [-0.25, -0.2) is 14.8 Å². The topological polar surface area (TPSA) is 55.3 Å². The summed E-state index contributed by atoms with van der Waals surface area (Å²) in [7, 11) is 0. The fourth-order valence-corrected chi connectivity index (χ4v) is 2.46. The molecular weight excluding hydrogens is 242 g/mol. The fourth-order valence-electron chi connectivity index (χ4n) is 2.46. The molecular formula is C14H21N3O2. The summed E-state index contributed by atoms with van der Waals surface area (Å²) in [4.78, 5) is 22.5. The van der Waals surface area contributed by atoms with Crippen molar-refractivity contribution in [1.29, 1.82) is 0 Å². The van der Waals surface area contributed by atoms with Gasteiger partial charge < -0.3 is 9.64 Å². The first-order valence-electron chi connectivity index (χ1n) is 7.00. The van der Waals surface area contributed by atoms with E-state index in [0.29, 0.717) is 6.61 Å². The van der Waals surface area contributed by atoms with Gasteiger partial charge in [0.2, 0.25) is 0 Å². The Kier molecular flexibility index (Phi) is 4.71. The Labute approximate surface area is 114 Å². The van der Waals surface area contributed by atoms with Gasteiger partial charge in [0.1, 0.15) is 18.2 Å². The lowest BCUT2D eigenvalue weighted by molar-refractivity contribution is -0.144. The average Bonchev–Trinajstić information content (AvgIpc) is 2.89. The van der Waals surface area contributed by atoms with Gasteiger partial charge in [-0.1, -0.05) is 13.3 Å². The zero-order valence-corrected chi connectivity index (χ0v) is 11.6. The monoisotopic (exact) mass is 263 g/mol. The van der Waals surface area contributed by atoms with Crippen molar-refractivity contribution < 1.29 is 9.53 Å². The van der Waals surface area contributed by atoms with Gasteiger partial charge in [-0.15, -0.1) is 0 Å². The molecule has 2 heterocycles. The SMILES string of the molecule is CCCc1cc(N2CCCC2C(=O)OCC)ncn1. The van der Waals surface area contributed by atoms with Crippen molar-refractivity contribution in [2.45, 2.75) is 45.6 Å². The normalized spacial score (nSPS) is 18.6. The summed E-state index contributed by atoms with van der Waals surface area (Å²) in [6, 6.07) is 1.80. The first-order valence-corrected chi connectivity index (χ1v) is 7.00. The van der Waals surface area contributed by atoms with Crippen LogP contribution in [-0.4, -0.2) is 35.1 Å². The van der Waals surface area contributed by atoms with Gasteiger partial charge in [-0.05, 0) is 26.2 Å². The van der Waals surface area contributed by atoms with Crippen LogP contribution >= 0.6 is 0 Å². The maximum Gasteiger partial charge on any atom is 0.328 e. The first-order chi connectivity index (χ1) is 9.26. The van der Waals surface area contributed by atoms with Crippen molar-refractivity contribution in [3.63, 3.8) is 0 Å². The van der Waals surface area contributed by atoms with Crippen molar-refractivity contribution in [2.24, 2.45) is 0 Å². The summed E-state index contributed by atoms with van der Waals surface area (Å²) in [6.07, 6.45) is 5.41. The molecule has 0 aromatic carbocycles. The quantitative estimate of drug-likeness (QED) is 0.760. The minimum atomic E-state index is -0.190. The molecule has 2 rings (SSSR count). The first kappa shape index (κ1) is 13.8. The molecule has 1 unspecified atom stereocenters. The van der Waals surface area contributed by atoms with Crippen LogP contribution in [0.5, 0.6) is 0 Å². The largest absolute Gasteiger partial charge is 0.464 e. The van der Waals surface area contributed by atoms with Gasteiger partial charge in [-0.3, -0.25) is 0 Å². The number of hydrogen-bond donors (Lipinski definition) is 0. The molecule has 1 saturated heterocycles. The third kappa shape index (κ3) is 3.22. The van der Waals surface area contributed by atoms with Crippen molar-refractivity contribution >= 4 is 11.8 Å². The summed E-state index contributed by atoms with van der Waals surface area (Å²) in [5.74, 6) is 0.699. The molecule has 0 aliphatic carbocycles. The van der Waals surface area contributed by atoms with Crippen LogP contribution in [0.25, 0.3) is 0 Å². The molecule has 1 aromatic rings. The van der Waals surface area contributed by atoms with E-state index in [1.54, 1.807) is 6.33 Å². The van der Waals surface area contributed by atoms with Crippen LogP contribution in [0.4, 0.5) is 5.82 Å². The molecule has 5 heteroatoms. The van der Waals surface area contributed by atoms with E-state index in [1.165, 1.54) is 0 Å². The highest BCUT2D eigenvalue weighted by atomic mass is 16.5. The third-order valence-corrected chi connectivity index (χ3v) is 3.32. The molecule has 1 aliphatic heterocycles. The number of carbonyl (C=O) groups is 1. The molecule has 1 aromatic heterocycles. The summed E-state index contributed by atoms with van der Waals surface area (Å²) >= 11 is 0. The number of nitrogens with zero attached hydrogens (tertiary/aromatic N) is 3. The summed E-state index contributed by atoms with van der Waals surface area (Å²) in [6.45, 7) is 5.24. The average molecular weight is 263 g/mol. The van der Waals surface area contributed by atoms with Crippen LogP contribution in [0.15, 0.2) is 12.4 Å². The minimum absolute atomic E-state index is 0.143. The van der Waals surface area contributed by atoms with Crippen LogP contribution in [-0.2, 0) is 16.0 Å². The fraction of sp³-hybridized carbons (Fsp3) is 0.643. The summed E-state index contributed by atoms with van der Waals surface area (Å²) in [5.41, 5.74) is 1.03. The van der Waals surface area contributed by atoms with E-state index in [2.05, 4.69) is 16.9 Å². The number of anilines is 1. The number of hydrogen-bond acceptors (Lipinski definition) is 5. The van der Waals surface area contributed by atoms with Crippen LogP contribution in [0.1, 0.15) is 38.8 Å². The lowest BCUT2D eigenvalue weighted by Gasteiger charge is -2.24. The van der Waals surface area contributed by atoms with E-state index in [4.69, 9.17) is 4.74 Å². The van der Waals surface area contributed by atoms with E-state index in [9.17, 15) is 4.79 Å². The molecule has 1 fully saturated rings.